The van der Waals surface area contributed by atoms with Crippen molar-refractivity contribution in [2.24, 2.45) is 5.73 Å². The van der Waals surface area contributed by atoms with Crippen LogP contribution in [0.2, 0.25) is 0 Å². The fourth-order valence-corrected chi connectivity index (χ4v) is 4.03. The van der Waals surface area contributed by atoms with Gasteiger partial charge in [-0.1, -0.05) is 15.9 Å². The van der Waals surface area contributed by atoms with Crippen molar-refractivity contribution >= 4 is 27.3 Å². The molecule has 0 amide bonds. The Balaban J connectivity index is 2.08. The van der Waals surface area contributed by atoms with E-state index in [-0.39, 0.29) is 6.04 Å². The van der Waals surface area contributed by atoms with Gasteiger partial charge in [-0.3, -0.25) is 0 Å². The van der Waals surface area contributed by atoms with E-state index in [1.807, 2.05) is 11.3 Å². The van der Waals surface area contributed by atoms with Crippen LogP contribution in [0.1, 0.15) is 40.6 Å². The first-order valence-electron chi connectivity index (χ1n) is 6.58. The molecule has 3 rings (SSSR count). The second-order valence-corrected chi connectivity index (χ2v) is 7.13. The van der Waals surface area contributed by atoms with Gasteiger partial charge in [-0.15, -0.1) is 11.3 Å². The van der Waals surface area contributed by atoms with E-state index in [9.17, 15) is 0 Å². The molecule has 100 valence electrons. The van der Waals surface area contributed by atoms with Gasteiger partial charge >= 0.3 is 0 Å². The molecule has 0 saturated carbocycles. The van der Waals surface area contributed by atoms with E-state index in [0.29, 0.717) is 0 Å². The Kier molecular flexibility index (Phi) is 3.50. The maximum absolute atomic E-state index is 6.16. The van der Waals surface area contributed by atoms with E-state index in [4.69, 9.17) is 10.7 Å². The molecule has 1 aliphatic carbocycles. The zero-order chi connectivity index (χ0) is 13.6. The second-order valence-electron chi connectivity index (χ2n) is 5.25. The molecule has 1 unspecified atom stereocenters. The predicted molar refractivity (Wildman–Crippen MR) is 84.6 cm³/mol. The summed E-state index contributed by atoms with van der Waals surface area (Å²) in [6, 6.07) is 4.53. The molecular formula is C15H17BrN2S. The molecular weight excluding hydrogens is 320 g/mol. The normalized spacial score (nSPS) is 18.4. The first-order valence-corrected chi connectivity index (χ1v) is 8.19. The second kappa shape index (κ2) is 5.00. The van der Waals surface area contributed by atoms with Gasteiger partial charge in [0.05, 0.1) is 5.69 Å². The highest BCUT2D eigenvalue weighted by atomic mass is 79.9. The van der Waals surface area contributed by atoms with Gasteiger partial charge in [0, 0.05) is 21.0 Å². The summed E-state index contributed by atoms with van der Waals surface area (Å²) in [5, 5.41) is 1.11. The molecule has 1 aromatic heterocycles. The van der Waals surface area contributed by atoms with Gasteiger partial charge in [0.1, 0.15) is 5.01 Å². The standard InChI is InChI=1S/C15H17BrN2S/c1-8-6-10(7-9(2)13(8)16)15-18-14-11(17)4-3-5-12(14)19-15/h6-7,11H,3-5,17H2,1-2H3. The van der Waals surface area contributed by atoms with Gasteiger partial charge < -0.3 is 5.73 Å². The summed E-state index contributed by atoms with van der Waals surface area (Å²) in [7, 11) is 0. The molecule has 1 atom stereocenters. The smallest absolute Gasteiger partial charge is 0.123 e. The highest BCUT2D eigenvalue weighted by Gasteiger charge is 2.22. The van der Waals surface area contributed by atoms with Crippen molar-refractivity contribution in [3.8, 4) is 10.6 Å². The van der Waals surface area contributed by atoms with Crippen molar-refractivity contribution in [1.29, 1.82) is 0 Å². The number of rotatable bonds is 1. The fraction of sp³-hybridized carbons (Fsp3) is 0.400. The van der Waals surface area contributed by atoms with Crippen LogP contribution in [0, 0.1) is 13.8 Å². The zero-order valence-corrected chi connectivity index (χ0v) is 13.6. The van der Waals surface area contributed by atoms with Crippen molar-refractivity contribution in [2.75, 3.05) is 0 Å². The first-order chi connectivity index (χ1) is 9.06. The highest BCUT2D eigenvalue weighted by Crippen LogP contribution is 2.37. The van der Waals surface area contributed by atoms with Crippen LogP contribution in [0.15, 0.2) is 16.6 Å². The van der Waals surface area contributed by atoms with Crippen LogP contribution < -0.4 is 5.73 Å². The van der Waals surface area contributed by atoms with Crippen molar-refractivity contribution in [3.63, 3.8) is 0 Å². The molecule has 4 heteroatoms. The lowest BCUT2D eigenvalue weighted by molar-refractivity contribution is 0.564. The van der Waals surface area contributed by atoms with Crippen molar-refractivity contribution in [3.05, 3.63) is 38.3 Å². The molecule has 0 spiro atoms. The summed E-state index contributed by atoms with van der Waals surface area (Å²) in [4.78, 5) is 6.17. The number of hydrogen-bond acceptors (Lipinski definition) is 3. The third kappa shape index (κ3) is 2.37. The lowest BCUT2D eigenvalue weighted by atomic mass is 9.98. The van der Waals surface area contributed by atoms with Crippen LogP contribution in [0.25, 0.3) is 10.6 Å². The van der Waals surface area contributed by atoms with Crippen LogP contribution >= 0.6 is 27.3 Å². The van der Waals surface area contributed by atoms with Crippen LogP contribution in [-0.2, 0) is 6.42 Å². The summed E-state index contributed by atoms with van der Waals surface area (Å²) in [5.74, 6) is 0. The minimum Gasteiger partial charge on any atom is -0.323 e. The van der Waals surface area contributed by atoms with Gasteiger partial charge in [-0.25, -0.2) is 4.98 Å². The molecule has 1 aromatic carbocycles. The Labute approximate surface area is 126 Å². The lowest BCUT2D eigenvalue weighted by Crippen LogP contribution is -2.16. The molecule has 19 heavy (non-hydrogen) atoms. The molecule has 1 aliphatic rings. The van der Waals surface area contributed by atoms with Gasteiger partial charge in [0.2, 0.25) is 0 Å². The average molecular weight is 337 g/mol. The largest absolute Gasteiger partial charge is 0.323 e. The monoisotopic (exact) mass is 336 g/mol. The lowest BCUT2D eigenvalue weighted by Gasteiger charge is -2.15. The molecule has 0 radical (unpaired) electrons. The first kappa shape index (κ1) is 13.3. The topological polar surface area (TPSA) is 38.9 Å². The van der Waals surface area contributed by atoms with Gasteiger partial charge in [-0.05, 0) is 56.4 Å². The Bertz CT molecular complexity index is 610. The van der Waals surface area contributed by atoms with E-state index in [1.165, 1.54) is 32.5 Å². The quantitative estimate of drug-likeness (QED) is 0.831. The number of halogens is 1. The Morgan fingerprint density at radius 1 is 1.32 bits per heavy atom. The maximum Gasteiger partial charge on any atom is 0.123 e. The molecule has 1 heterocycles. The summed E-state index contributed by atoms with van der Waals surface area (Å²) in [6.45, 7) is 4.25. The minimum absolute atomic E-state index is 0.131. The number of fused-ring (bicyclic) bond motifs is 1. The van der Waals surface area contributed by atoms with Gasteiger partial charge in [-0.2, -0.15) is 0 Å². The maximum atomic E-state index is 6.16. The fourth-order valence-electron chi connectivity index (χ4n) is 2.64. The van der Waals surface area contributed by atoms with E-state index in [2.05, 4.69) is 41.9 Å². The summed E-state index contributed by atoms with van der Waals surface area (Å²) in [5.41, 5.74) is 11.0. The number of aromatic nitrogens is 1. The molecule has 0 aliphatic heterocycles. The van der Waals surface area contributed by atoms with E-state index in [0.717, 1.165) is 23.5 Å². The highest BCUT2D eigenvalue weighted by molar-refractivity contribution is 9.10. The minimum atomic E-state index is 0.131. The van der Waals surface area contributed by atoms with Gasteiger partial charge in [0.15, 0.2) is 0 Å². The molecule has 2 aromatic rings. The third-order valence-electron chi connectivity index (χ3n) is 3.68. The van der Waals surface area contributed by atoms with Crippen molar-refractivity contribution in [1.82, 2.24) is 4.98 Å². The Morgan fingerprint density at radius 3 is 2.63 bits per heavy atom. The molecule has 0 fully saturated rings. The van der Waals surface area contributed by atoms with Crippen molar-refractivity contribution < 1.29 is 0 Å². The van der Waals surface area contributed by atoms with E-state index < -0.39 is 0 Å². The number of nitrogens with two attached hydrogens (primary N) is 1. The average Bonchev–Trinajstić information content (AvgIpc) is 2.81. The third-order valence-corrected chi connectivity index (χ3v) is 6.11. The summed E-state index contributed by atoms with van der Waals surface area (Å²) in [6.07, 6.45) is 3.39. The summed E-state index contributed by atoms with van der Waals surface area (Å²) >= 11 is 5.42. The van der Waals surface area contributed by atoms with E-state index >= 15 is 0 Å². The van der Waals surface area contributed by atoms with Gasteiger partial charge in [0.25, 0.3) is 0 Å². The van der Waals surface area contributed by atoms with Crippen molar-refractivity contribution in [2.45, 2.75) is 39.2 Å². The summed E-state index contributed by atoms with van der Waals surface area (Å²) < 4.78 is 1.19. The molecule has 0 saturated heterocycles. The number of benzene rings is 1. The number of thiazole rings is 1. The molecule has 2 N–H and O–H groups in total. The molecule has 2 nitrogen and oxygen atoms in total. The number of hydrogen-bond donors (Lipinski definition) is 1. The van der Waals surface area contributed by atoms with Crippen LogP contribution in [-0.4, -0.2) is 4.98 Å². The Hall–Kier alpha value is -0.710. The van der Waals surface area contributed by atoms with Crippen LogP contribution in [0.5, 0.6) is 0 Å². The molecule has 0 bridgehead atoms. The van der Waals surface area contributed by atoms with E-state index in [1.54, 1.807) is 0 Å². The zero-order valence-electron chi connectivity index (χ0n) is 11.2. The SMILES string of the molecule is Cc1cc(-c2nc3c(s2)CCCC3N)cc(C)c1Br. The Morgan fingerprint density at radius 2 is 2.00 bits per heavy atom. The predicted octanol–water partition coefficient (Wildman–Crippen LogP) is 4.53. The van der Waals surface area contributed by atoms with Crippen LogP contribution in [0.3, 0.4) is 0 Å². The number of nitrogens with zero attached hydrogens (tertiary/aromatic N) is 1. The number of aryl methyl sites for hydroxylation is 3. The van der Waals surface area contributed by atoms with Crippen LogP contribution in [0.4, 0.5) is 0 Å².